The van der Waals surface area contributed by atoms with Crippen LogP contribution in [0.15, 0.2) is 0 Å². The molecule has 1 fully saturated rings. The first-order valence-electron chi connectivity index (χ1n) is 5.73. The van der Waals surface area contributed by atoms with Crippen molar-refractivity contribution >= 4 is 0 Å². The lowest BCUT2D eigenvalue weighted by Gasteiger charge is -2.35. The maximum atomic E-state index is 5.95. The van der Waals surface area contributed by atoms with Crippen LogP contribution in [0.4, 0.5) is 0 Å². The van der Waals surface area contributed by atoms with Crippen LogP contribution >= 0.6 is 0 Å². The van der Waals surface area contributed by atoms with Crippen LogP contribution in [0, 0.1) is 0 Å². The number of hydrogen-bond acceptors (Lipinski definition) is 2. The van der Waals surface area contributed by atoms with Gasteiger partial charge in [-0.3, -0.25) is 4.90 Å². The molecule has 0 spiro atoms. The van der Waals surface area contributed by atoms with Gasteiger partial charge in [0.15, 0.2) is 0 Å². The maximum Gasteiger partial charge on any atom is 0.0168 e. The molecule has 1 rings (SSSR count). The van der Waals surface area contributed by atoms with Gasteiger partial charge in [0, 0.05) is 18.6 Å². The Morgan fingerprint density at radius 1 is 1.54 bits per heavy atom. The van der Waals surface area contributed by atoms with Gasteiger partial charge in [0.2, 0.25) is 0 Å². The lowest BCUT2D eigenvalue weighted by molar-refractivity contribution is 0.150. The average molecular weight is 184 g/mol. The number of likely N-dealkylation sites (tertiary alicyclic amines) is 1. The van der Waals surface area contributed by atoms with E-state index in [9.17, 15) is 0 Å². The van der Waals surface area contributed by atoms with Crippen LogP contribution in [0.5, 0.6) is 0 Å². The standard InChI is InChI=1S/C11H24N2/c1-3-4-6-10(2)13-8-5-7-11(12)9-13/h10-11H,3-9,12H2,1-2H3. The van der Waals surface area contributed by atoms with E-state index in [1.165, 1.54) is 38.6 Å². The van der Waals surface area contributed by atoms with Gasteiger partial charge in [-0.25, -0.2) is 0 Å². The van der Waals surface area contributed by atoms with E-state index in [-0.39, 0.29) is 0 Å². The van der Waals surface area contributed by atoms with E-state index in [0.29, 0.717) is 6.04 Å². The third kappa shape index (κ3) is 3.65. The van der Waals surface area contributed by atoms with Crippen molar-refractivity contribution < 1.29 is 0 Å². The Morgan fingerprint density at radius 3 is 2.92 bits per heavy atom. The van der Waals surface area contributed by atoms with E-state index in [0.717, 1.165) is 12.6 Å². The fourth-order valence-corrected chi connectivity index (χ4v) is 2.12. The molecule has 0 amide bonds. The van der Waals surface area contributed by atoms with Gasteiger partial charge in [-0.15, -0.1) is 0 Å². The summed E-state index contributed by atoms with van der Waals surface area (Å²) in [7, 11) is 0. The van der Waals surface area contributed by atoms with E-state index >= 15 is 0 Å². The summed E-state index contributed by atoms with van der Waals surface area (Å²) in [5.41, 5.74) is 5.95. The van der Waals surface area contributed by atoms with Crippen LogP contribution in [-0.4, -0.2) is 30.1 Å². The Labute approximate surface area is 82.5 Å². The second-order valence-corrected chi connectivity index (χ2v) is 4.39. The van der Waals surface area contributed by atoms with Crippen LogP contribution in [0.3, 0.4) is 0 Å². The molecule has 2 N–H and O–H groups in total. The number of unbranched alkanes of at least 4 members (excludes halogenated alkanes) is 1. The summed E-state index contributed by atoms with van der Waals surface area (Å²) in [6.07, 6.45) is 6.51. The summed E-state index contributed by atoms with van der Waals surface area (Å²) < 4.78 is 0. The van der Waals surface area contributed by atoms with E-state index in [4.69, 9.17) is 5.73 Å². The second kappa shape index (κ2) is 5.61. The quantitative estimate of drug-likeness (QED) is 0.724. The summed E-state index contributed by atoms with van der Waals surface area (Å²) in [4.78, 5) is 2.56. The SMILES string of the molecule is CCCCC(C)N1CCCC(N)C1. The van der Waals surface area contributed by atoms with Gasteiger partial charge < -0.3 is 5.73 Å². The lowest BCUT2D eigenvalue weighted by atomic mass is 10.0. The molecule has 0 saturated carbocycles. The summed E-state index contributed by atoms with van der Waals surface area (Å²) in [6, 6.07) is 1.17. The molecule has 0 bridgehead atoms. The molecule has 2 atom stereocenters. The van der Waals surface area contributed by atoms with Crippen LogP contribution in [0.2, 0.25) is 0 Å². The number of nitrogens with two attached hydrogens (primary N) is 1. The molecule has 0 aliphatic carbocycles. The largest absolute Gasteiger partial charge is 0.327 e. The van der Waals surface area contributed by atoms with E-state index in [1.54, 1.807) is 0 Å². The predicted octanol–water partition coefficient (Wildman–Crippen LogP) is 1.99. The Hall–Kier alpha value is -0.0800. The second-order valence-electron chi connectivity index (χ2n) is 4.39. The molecule has 0 aromatic rings. The highest BCUT2D eigenvalue weighted by molar-refractivity contribution is 4.78. The molecule has 1 heterocycles. The third-order valence-corrected chi connectivity index (χ3v) is 3.09. The van der Waals surface area contributed by atoms with Gasteiger partial charge in [-0.05, 0) is 32.7 Å². The Kier molecular flexibility index (Phi) is 4.74. The monoisotopic (exact) mass is 184 g/mol. The number of rotatable bonds is 4. The summed E-state index contributed by atoms with van der Waals surface area (Å²) in [5.74, 6) is 0. The van der Waals surface area contributed by atoms with Crippen molar-refractivity contribution in [3.63, 3.8) is 0 Å². The van der Waals surface area contributed by atoms with Gasteiger partial charge >= 0.3 is 0 Å². The molecule has 2 heteroatoms. The zero-order valence-corrected chi connectivity index (χ0v) is 9.13. The highest BCUT2D eigenvalue weighted by Gasteiger charge is 2.20. The normalized spacial score (nSPS) is 27.5. The van der Waals surface area contributed by atoms with Crippen molar-refractivity contribution in [3.05, 3.63) is 0 Å². The van der Waals surface area contributed by atoms with Crippen molar-refractivity contribution in [1.29, 1.82) is 0 Å². The first kappa shape index (κ1) is 11.0. The van der Waals surface area contributed by atoms with Gasteiger partial charge in [-0.2, -0.15) is 0 Å². The summed E-state index contributed by atoms with van der Waals surface area (Å²) in [5, 5.41) is 0. The van der Waals surface area contributed by atoms with Crippen molar-refractivity contribution in [2.45, 2.75) is 58.0 Å². The maximum absolute atomic E-state index is 5.95. The fraction of sp³-hybridized carbons (Fsp3) is 1.00. The van der Waals surface area contributed by atoms with Crippen LogP contribution in [-0.2, 0) is 0 Å². The zero-order valence-electron chi connectivity index (χ0n) is 9.13. The lowest BCUT2D eigenvalue weighted by Crippen LogP contribution is -2.46. The molecule has 1 aliphatic rings. The summed E-state index contributed by atoms with van der Waals surface area (Å²) in [6.45, 7) is 6.98. The van der Waals surface area contributed by atoms with Gasteiger partial charge in [0.1, 0.15) is 0 Å². The highest BCUT2D eigenvalue weighted by atomic mass is 15.2. The molecule has 1 aliphatic heterocycles. The zero-order chi connectivity index (χ0) is 9.68. The summed E-state index contributed by atoms with van der Waals surface area (Å²) >= 11 is 0. The first-order valence-corrected chi connectivity index (χ1v) is 5.73. The Balaban J connectivity index is 2.24. The minimum Gasteiger partial charge on any atom is -0.327 e. The molecule has 13 heavy (non-hydrogen) atoms. The van der Waals surface area contributed by atoms with Crippen LogP contribution in [0.25, 0.3) is 0 Å². The van der Waals surface area contributed by atoms with Gasteiger partial charge in [0.05, 0.1) is 0 Å². The van der Waals surface area contributed by atoms with Gasteiger partial charge in [-0.1, -0.05) is 19.8 Å². The molecule has 0 radical (unpaired) electrons. The third-order valence-electron chi connectivity index (χ3n) is 3.09. The van der Waals surface area contributed by atoms with Gasteiger partial charge in [0.25, 0.3) is 0 Å². The van der Waals surface area contributed by atoms with Crippen LogP contribution < -0.4 is 5.73 Å². The van der Waals surface area contributed by atoms with E-state index < -0.39 is 0 Å². The first-order chi connectivity index (χ1) is 6.24. The minimum absolute atomic E-state index is 0.429. The molecule has 1 saturated heterocycles. The molecule has 2 unspecified atom stereocenters. The fourth-order valence-electron chi connectivity index (χ4n) is 2.12. The molecular formula is C11H24N2. The van der Waals surface area contributed by atoms with E-state index in [2.05, 4.69) is 18.7 Å². The van der Waals surface area contributed by atoms with Crippen molar-refractivity contribution in [1.82, 2.24) is 4.90 Å². The highest BCUT2D eigenvalue weighted by Crippen LogP contribution is 2.15. The average Bonchev–Trinajstić information content (AvgIpc) is 2.14. The molecule has 2 nitrogen and oxygen atoms in total. The topological polar surface area (TPSA) is 29.3 Å². The number of piperidine rings is 1. The Bertz CT molecular complexity index is 136. The van der Waals surface area contributed by atoms with E-state index in [1.807, 2.05) is 0 Å². The molecule has 78 valence electrons. The van der Waals surface area contributed by atoms with Crippen molar-refractivity contribution in [3.8, 4) is 0 Å². The predicted molar refractivity (Wildman–Crippen MR) is 57.8 cm³/mol. The van der Waals surface area contributed by atoms with Crippen molar-refractivity contribution in [2.24, 2.45) is 5.73 Å². The van der Waals surface area contributed by atoms with Crippen LogP contribution in [0.1, 0.15) is 46.0 Å². The van der Waals surface area contributed by atoms with Crippen molar-refractivity contribution in [2.75, 3.05) is 13.1 Å². The Morgan fingerprint density at radius 2 is 2.31 bits per heavy atom. The minimum atomic E-state index is 0.429. The molecule has 0 aromatic heterocycles. The smallest absolute Gasteiger partial charge is 0.0168 e. The molecular weight excluding hydrogens is 160 g/mol. The molecule has 0 aromatic carbocycles. The number of hydrogen-bond donors (Lipinski definition) is 1. The number of nitrogens with zero attached hydrogens (tertiary/aromatic N) is 1.